The standard InChI is InChI=1S/C12H14N2O5S/c1-7(11(15)13-2)19-12(16)9-6-8(20-3)4-5-10(9)14(17)18/h4-7H,1-3H3,(H,13,15). The molecule has 0 saturated heterocycles. The molecule has 1 aromatic rings. The third-order valence-corrected chi connectivity index (χ3v) is 3.25. The van der Waals surface area contributed by atoms with E-state index in [1.54, 1.807) is 12.3 Å². The molecule has 1 aromatic carbocycles. The van der Waals surface area contributed by atoms with Gasteiger partial charge in [0, 0.05) is 18.0 Å². The molecule has 20 heavy (non-hydrogen) atoms. The van der Waals surface area contributed by atoms with Crippen LogP contribution < -0.4 is 5.32 Å². The highest BCUT2D eigenvalue weighted by atomic mass is 32.2. The summed E-state index contributed by atoms with van der Waals surface area (Å²) >= 11 is 1.34. The van der Waals surface area contributed by atoms with Crippen molar-refractivity contribution in [2.75, 3.05) is 13.3 Å². The zero-order valence-corrected chi connectivity index (χ0v) is 12.0. The molecule has 0 heterocycles. The molecule has 0 bridgehead atoms. The number of nitro benzene ring substituents is 1. The van der Waals surface area contributed by atoms with Crippen molar-refractivity contribution in [3.8, 4) is 0 Å². The zero-order valence-electron chi connectivity index (χ0n) is 11.2. The highest BCUT2D eigenvalue weighted by Gasteiger charge is 2.25. The average Bonchev–Trinajstić information content (AvgIpc) is 2.45. The van der Waals surface area contributed by atoms with Crippen LogP contribution in [-0.4, -0.2) is 36.2 Å². The number of nitro groups is 1. The maximum absolute atomic E-state index is 12.0. The van der Waals surface area contributed by atoms with Gasteiger partial charge >= 0.3 is 5.97 Å². The molecule has 1 rings (SSSR count). The van der Waals surface area contributed by atoms with Gasteiger partial charge in [0.05, 0.1) is 4.92 Å². The van der Waals surface area contributed by atoms with Crippen LogP contribution in [-0.2, 0) is 9.53 Å². The number of hydrogen-bond donors (Lipinski definition) is 1. The number of amides is 1. The molecule has 108 valence electrons. The molecule has 1 N–H and O–H groups in total. The second-order valence-electron chi connectivity index (χ2n) is 3.80. The topological polar surface area (TPSA) is 98.5 Å². The number of rotatable bonds is 5. The Morgan fingerprint density at radius 3 is 2.60 bits per heavy atom. The molecule has 0 fully saturated rings. The molecular weight excluding hydrogens is 284 g/mol. The summed E-state index contributed by atoms with van der Waals surface area (Å²) in [5, 5.41) is 13.2. The molecule has 1 atom stereocenters. The first kappa shape index (κ1) is 16.0. The highest BCUT2D eigenvalue weighted by molar-refractivity contribution is 7.98. The summed E-state index contributed by atoms with van der Waals surface area (Å²) in [5.41, 5.74) is -0.519. The summed E-state index contributed by atoms with van der Waals surface area (Å²) in [6.45, 7) is 1.39. The van der Waals surface area contributed by atoms with E-state index in [-0.39, 0.29) is 11.3 Å². The van der Waals surface area contributed by atoms with Gasteiger partial charge in [0.15, 0.2) is 6.10 Å². The third kappa shape index (κ3) is 3.70. The second-order valence-corrected chi connectivity index (χ2v) is 4.68. The minimum Gasteiger partial charge on any atom is -0.449 e. The van der Waals surface area contributed by atoms with Crippen molar-refractivity contribution in [3.05, 3.63) is 33.9 Å². The smallest absolute Gasteiger partial charge is 0.345 e. The van der Waals surface area contributed by atoms with Crippen LogP contribution in [0.15, 0.2) is 23.1 Å². The number of nitrogens with one attached hydrogen (secondary N) is 1. The molecule has 0 saturated carbocycles. The van der Waals surface area contributed by atoms with Gasteiger partial charge in [0.2, 0.25) is 0 Å². The predicted octanol–water partition coefficient (Wildman–Crippen LogP) is 1.61. The van der Waals surface area contributed by atoms with Gasteiger partial charge in [0.25, 0.3) is 11.6 Å². The van der Waals surface area contributed by atoms with Crippen LogP contribution in [0.25, 0.3) is 0 Å². The van der Waals surface area contributed by atoms with E-state index in [9.17, 15) is 19.7 Å². The van der Waals surface area contributed by atoms with Crippen molar-refractivity contribution in [1.29, 1.82) is 0 Å². The maximum atomic E-state index is 12.0. The predicted molar refractivity (Wildman–Crippen MR) is 73.8 cm³/mol. The van der Waals surface area contributed by atoms with E-state index in [0.29, 0.717) is 4.90 Å². The number of carbonyl (C=O) groups is 2. The van der Waals surface area contributed by atoms with Gasteiger partial charge in [0.1, 0.15) is 5.56 Å². The fourth-order valence-corrected chi connectivity index (χ4v) is 1.89. The van der Waals surface area contributed by atoms with E-state index >= 15 is 0 Å². The van der Waals surface area contributed by atoms with Gasteiger partial charge in [-0.25, -0.2) is 4.79 Å². The Labute approximate surface area is 119 Å². The Hall–Kier alpha value is -2.09. The molecule has 7 nitrogen and oxygen atoms in total. The Bertz CT molecular complexity index is 547. The molecule has 0 radical (unpaired) electrons. The van der Waals surface area contributed by atoms with E-state index in [1.807, 2.05) is 0 Å². The van der Waals surface area contributed by atoms with Gasteiger partial charge in [-0.1, -0.05) is 0 Å². The van der Waals surface area contributed by atoms with Gasteiger partial charge in [-0.3, -0.25) is 14.9 Å². The van der Waals surface area contributed by atoms with Gasteiger partial charge in [-0.15, -0.1) is 11.8 Å². The van der Waals surface area contributed by atoms with Crippen LogP contribution in [0.5, 0.6) is 0 Å². The Morgan fingerprint density at radius 1 is 1.45 bits per heavy atom. The largest absolute Gasteiger partial charge is 0.449 e. The monoisotopic (exact) mass is 298 g/mol. The van der Waals surface area contributed by atoms with E-state index in [1.165, 1.54) is 37.9 Å². The number of thioether (sulfide) groups is 1. The van der Waals surface area contributed by atoms with Gasteiger partial charge in [-0.2, -0.15) is 0 Å². The molecule has 0 aromatic heterocycles. The first-order chi connectivity index (χ1) is 9.40. The second kappa shape index (κ2) is 6.90. The van der Waals surface area contributed by atoms with Crippen molar-refractivity contribution in [1.82, 2.24) is 5.32 Å². The van der Waals surface area contributed by atoms with E-state index < -0.39 is 22.9 Å². The van der Waals surface area contributed by atoms with Crippen LogP contribution >= 0.6 is 11.8 Å². The molecule has 0 aliphatic carbocycles. The third-order valence-electron chi connectivity index (χ3n) is 2.52. The van der Waals surface area contributed by atoms with E-state index in [4.69, 9.17) is 4.74 Å². The van der Waals surface area contributed by atoms with Crippen molar-refractivity contribution in [2.45, 2.75) is 17.9 Å². The number of nitrogens with zero attached hydrogens (tertiary/aromatic N) is 1. The first-order valence-corrected chi connectivity index (χ1v) is 6.88. The zero-order chi connectivity index (χ0) is 15.3. The van der Waals surface area contributed by atoms with Crippen molar-refractivity contribution >= 4 is 29.3 Å². The number of hydrogen-bond acceptors (Lipinski definition) is 6. The van der Waals surface area contributed by atoms with Crippen LogP contribution in [0.4, 0.5) is 5.69 Å². The number of ether oxygens (including phenoxy) is 1. The number of benzene rings is 1. The van der Waals surface area contributed by atoms with Crippen molar-refractivity contribution in [3.63, 3.8) is 0 Å². The lowest BCUT2D eigenvalue weighted by Gasteiger charge is -2.12. The normalized spacial score (nSPS) is 11.6. The number of likely N-dealkylation sites (N-methyl/N-ethyl adjacent to an activating group) is 1. The van der Waals surface area contributed by atoms with Crippen LogP contribution in [0, 0.1) is 10.1 Å². The van der Waals surface area contributed by atoms with Crippen molar-refractivity contribution < 1.29 is 19.2 Å². The lowest BCUT2D eigenvalue weighted by Crippen LogP contribution is -2.33. The summed E-state index contributed by atoms with van der Waals surface area (Å²) in [7, 11) is 1.41. The van der Waals surface area contributed by atoms with Crippen LogP contribution in [0.2, 0.25) is 0 Å². The molecule has 0 aliphatic rings. The molecule has 0 spiro atoms. The lowest BCUT2D eigenvalue weighted by atomic mass is 10.2. The van der Waals surface area contributed by atoms with Crippen LogP contribution in [0.3, 0.4) is 0 Å². The fraction of sp³-hybridized carbons (Fsp3) is 0.333. The molecule has 1 amide bonds. The first-order valence-electron chi connectivity index (χ1n) is 5.65. The SMILES string of the molecule is CNC(=O)C(C)OC(=O)c1cc(SC)ccc1[N+](=O)[O-]. The van der Waals surface area contributed by atoms with E-state index in [2.05, 4.69) is 5.32 Å². The number of carbonyl (C=O) groups excluding carboxylic acids is 2. The molecule has 8 heteroatoms. The van der Waals surface area contributed by atoms with Crippen LogP contribution in [0.1, 0.15) is 17.3 Å². The Morgan fingerprint density at radius 2 is 2.10 bits per heavy atom. The minimum atomic E-state index is -1.02. The summed E-state index contributed by atoms with van der Waals surface area (Å²) in [5.74, 6) is -1.38. The van der Waals surface area contributed by atoms with E-state index in [0.717, 1.165) is 0 Å². The minimum absolute atomic E-state index is 0.169. The average molecular weight is 298 g/mol. The highest BCUT2D eigenvalue weighted by Crippen LogP contribution is 2.25. The Kier molecular flexibility index (Phi) is 5.51. The molecule has 0 aliphatic heterocycles. The van der Waals surface area contributed by atoms with Crippen molar-refractivity contribution in [2.24, 2.45) is 0 Å². The molecular formula is C12H14N2O5S. The quantitative estimate of drug-likeness (QED) is 0.384. The summed E-state index contributed by atoms with van der Waals surface area (Å²) in [4.78, 5) is 34.2. The lowest BCUT2D eigenvalue weighted by molar-refractivity contribution is -0.385. The van der Waals surface area contributed by atoms with Gasteiger partial charge in [-0.05, 0) is 25.3 Å². The fourth-order valence-electron chi connectivity index (χ4n) is 1.45. The summed E-state index contributed by atoms with van der Waals surface area (Å²) in [6, 6.07) is 4.16. The Balaban J connectivity index is 3.07. The van der Waals surface area contributed by atoms with Gasteiger partial charge < -0.3 is 10.1 Å². The number of esters is 1. The maximum Gasteiger partial charge on any atom is 0.345 e. The summed E-state index contributed by atoms with van der Waals surface area (Å²) in [6.07, 6.45) is 0.758. The summed E-state index contributed by atoms with van der Waals surface area (Å²) < 4.78 is 4.91. The molecule has 1 unspecified atom stereocenters.